The van der Waals surface area contributed by atoms with Crippen LogP contribution in [0.2, 0.25) is 0 Å². The Kier molecular flexibility index (Phi) is 6.57. The Bertz CT molecular complexity index is 757. The average molecular weight is 386 g/mol. The number of rotatable bonds is 7. The first kappa shape index (κ1) is 20.2. The summed E-state index contributed by atoms with van der Waals surface area (Å²) in [5, 5.41) is 3.28. The summed E-state index contributed by atoms with van der Waals surface area (Å²) in [6.07, 6.45) is -1.10. The average Bonchev–Trinajstić information content (AvgIpc) is 2.99. The molecule has 2 rings (SSSR count). The second-order valence-corrected chi connectivity index (χ2v) is 6.50. The van der Waals surface area contributed by atoms with Gasteiger partial charge in [0.25, 0.3) is 0 Å². The van der Waals surface area contributed by atoms with Crippen LogP contribution in [-0.2, 0) is 18.0 Å². The number of aryl methyl sites for hydroxylation is 1. The van der Waals surface area contributed by atoms with Crippen molar-refractivity contribution in [2.75, 3.05) is 29.1 Å². The maximum Gasteiger partial charge on any atom is 0.416 e. The summed E-state index contributed by atoms with van der Waals surface area (Å²) in [4.78, 5) is 18.3. The number of halogens is 3. The number of hydrogen-bond acceptors (Lipinski definition) is 4. The first-order valence-corrected chi connectivity index (χ1v) is 9.11. The van der Waals surface area contributed by atoms with E-state index in [1.165, 1.54) is 17.8 Å². The number of imidazole rings is 1. The summed E-state index contributed by atoms with van der Waals surface area (Å²) < 4.78 is 40.9. The first-order valence-electron chi connectivity index (χ1n) is 8.12. The van der Waals surface area contributed by atoms with Crippen molar-refractivity contribution in [2.45, 2.75) is 25.2 Å². The number of thioether (sulfide) groups is 1. The lowest BCUT2D eigenvalue weighted by Gasteiger charge is -2.25. The molecule has 1 N–H and O–H groups in total. The summed E-state index contributed by atoms with van der Waals surface area (Å²) in [6.45, 7) is 5.05. The van der Waals surface area contributed by atoms with Crippen LogP contribution in [0.1, 0.15) is 19.4 Å². The Labute approximate surface area is 154 Å². The van der Waals surface area contributed by atoms with Crippen LogP contribution in [0.4, 0.5) is 24.5 Å². The molecule has 1 aromatic carbocycles. The van der Waals surface area contributed by atoms with Crippen LogP contribution < -0.4 is 10.2 Å². The smallest absolute Gasteiger partial charge is 0.370 e. The van der Waals surface area contributed by atoms with Crippen LogP contribution in [0.5, 0.6) is 0 Å². The minimum atomic E-state index is -4.47. The quantitative estimate of drug-likeness (QED) is 0.731. The largest absolute Gasteiger partial charge is 0.416 e. The molecule has 0 radical (unpaired) electrons. The van der Waals surface area contributed by atoms with Crippen molar-refractivity contribution in [3.05, 3.63) is 36.2 Å². The van der Waals surface area contributed by atoms with E-state index >= 15 is 0 Å². The minimum absolute atomic E-state index is 0.0544. The van der Waals surface area contributed by atoms with Crippen molar-refractivity contribution < 1.29 is 18.0 Å². The van der Waals surface area contributed by atoms with Gasteiger partial charge in [0.15, 0.2) is 5.16 Å². The Morgan fingerprint density at radius 3 is 2.54 bits per heavy atom. The molecule has 0 fully saturated rings. The van der Waals surface area contributed by atoms with Gasteiger partial charge in [-0.1, -0.05) is 11.8 Å². The highest BCUT2D eigenvalue weighted by molar-refractivity contribution is 7.99. The molecule has 1 aromatic heterocycles. The van der Waals surface area contributed by atoms with Gasteiger partial charge in [0.05, 0.1) is 22.7 Å². The molecule has 0 aliphatic carbocycles. The van der Waals surface area contributed by atoms with Gasteiger partial charge in [-0.05, 0) is 32.0 Å². The fourth-order valence-corrected chi connectivity index (χ4v) is 3.19. The van der Waals surface area contributed by atoms with Crippen LogP contribution >= 0.6 is 11.8 Å². The molecule has 26 heavy (non-hydrogen) atoms. The predicted molar refractivity (Wildman–Crippen MR) is 97.6 cm³/mol. The summed E-state index contributed by atoms with van der Waals surface area (Å²) in [7, 11) is 1.80. The number of anilines is 2. The molecule has 0 saturated carbocycles. The van der Waals surface area contributed by atoms with Crippen LogP contribution in [0.3, 0.4) is 0 Å². The fraction of sp³-hybridized carbons (Fsp3) is 0.412. The fourth-order valence-electron chi connectivity index (χ4n) is 2.46. The Morgan fingerprint density at radius 1 is 1.31 bits per heavy atom. The summed E-state index contributed by atoms with van der Waals surface area (Å²) >= 11 is 1.22. The Morgan fingerprint density at radius 2 is 2.00 bits per heavy atom. The second-order valence-electron chi connectivity index (χ2n) is 5.56. The molecule has 5 nitrogen and oxygen atoms in total. The molecular weight excluding hydrogens is 365 g/mol. The molecule has 0 aliphatic rings. The second kappa shape index (κ2) is 8.48. The minimum Gasteiger partial charge on any atom is -0.370 e. The monoisotopic (exact) mass is 386 g/mol. The predicted octanol–water partition coefficient (Wildman–Crippen LogP) is 4.02. The van der Waals surface area contributed by atoms with E-state index in [1.54, 1.807) is 24.0 Å². The third-order valence-corrected chi connectivity index (χ3v) is 4.87. The lowest BCUT2D eigenvalue weighted by Crippen LogP contribution is -2.25. The van der Waals surface area contributed by atoms with Crippen molar-refractivity contribution in [3.63, 3.8) is 0 Å². The molecular formula is C17H21F3N4OS. The number of hydrogen-bond donors (Lipinski definition) is 1. The maximum absolute atomic E-state index is 13.0. The number of alkyl halides is 3. The summed E-state index contributed by atoms with van der Waals surface area (Å²) in [5.41, 5.74) is -0.0623. The number of carbonyl (C=O) groups is 1. The molecule has 0 bridgehead atoms. The maximum atomic E-state index is 13.0. The van der Waals surface area contributed by atoms with Crippen molar-refractivity contribution in [3.8, 4) is 0 Å². The van der Waals surface area contributed by atoms with E-state index in [2.05, 4.69) is 10.3 Å². The number of benzene rings is 1. The third kappa shape index (κ3) is 4.94. The molecule has 0 atom stereocenters. The van der Waals surface area contributed by atoms with Gasteiger partial charge >= 0.3 is 6.18 Å². The zero-order valence-corrected chi connectivity index (χ0v) is 15.6. The first-order chi connectivity index (χ1) is 12.3. The van der Waals surface area contributed by atoms with Gasteiger partial charge in [-0.25, -0.2) is 4.98 Å². The van der Waals surface area contributed by atoms with E-state index in [0.29, 0.717) is 23.9 Å². The SMILES string of the molecule is CCN(CC)c1ccc(C(F)(F)F)cc1NC(=O)CSc1nccn1C. The van der Waals surface area contributed by atoms with Gasteiger partial charge < -0.3 is 14.8 Å². The van der Waals surface area contributed by atoms with Crippen LogP contribution in [0, 0.1) is 0 Å². The number of nitrogens with one attached hydrogen (secondary N) is 1. The number of nitrogens with zero attached hydrogens (tertiary/aromatic N) is 3. The van der Waals surface area contributed by atoms with Gasteiger partial charge in [-0.2, -0.15) is 13.2 Å². The normalized spacial score (nSPS) is 11.5. The van der Waals surface area contributed by atoms with E-state index in [1.807, 2.05) is 18.7 Å². The van der Waals surface area contributed by atoms with Crippen molar-refractivity contribution in [1.82, 2.24) is 9.55 Å². The van der Waals surface area contributed by atoms with Crippen LogP contribution in [0.25, 0.3) is 0 Å². The lowest BCUT2D eigenvalue weighted by atomic mass is 10.1. The lowest BCUT2D eigenvalue weighted by molar-refractivity contribution is -0.137. The zero-order chi connectivity index (χ0) is 19.3. The number of amides is 1. The van der Waals surface area contributed by atoms with Crippen LogP contribution in [0.15, 0.2) is 35.7 Å². The molecule has 0 spiro atoms. The molecule has 2 aromatic rings. The van der Waals surface area contributed by atoms with Gasteiger partial charge in [0.2, 0.25) is 5.91 Å². The number of aromatic nitrogens is 2. The van der Waals surface area contributed by atoms with E-state index in [4.69, 9.17) is 0 Å². The third-order valence-electron chi connectivity index (χ3n) is 3.81. The van der Waals surface area contributed by atoms with E-state index in [-0.39, 0.29) is 17.3 Å². The summed E-state index contributed by atoms with van der Waals surface area (Å²) in [5.74, 6) is -0.329. The van der Waals surface area contributed by atoms with Crippen molar-refractivity contribution in [1.29, 1.82) is 0 Å². The molecule has 9 heteroatoms. The highest BCUT2D eigenvalue weighted by Gasteiger charge is 2.31. The van der Waals surface area contributed by atoms with Crippen LogP contribution in [-0.4, -0.2) is 34.3 Å². The standard InChI is InChI=1S/C17H21F3N4OS/c1-4-24(5-2)14-7-6-12(17(18,19)20)10-13(14)22-15(25)11-26-16-21-8-9-23(16)3/h6-10H,4-5,11H2,1-3H3,(H,22,25). The molecule has 0 saturated heterocycles. The Balaban J connectivity index is 2.21. The molecule has 1 amide bonds. The topological polar surface area (TPSA) is 50.2 Å². The number of carbonyl (C=O) groups excluding carboxylic acids is 1. The van der Waals surface area contributed by atoms with Crippen molar-refractivity contribution in [2.24, 2.45) is 7.05 Å². The highest BCUT2D eigenvalue weighted by atomic mass is 32.2. The molecule has 142 valence electrons. The van der Waals surface area contributed by atoms with Crippen molar-refractivity contribution >= 4 is 29.0 Å². The van der Waals surface area contributed by atoms with E-state index in [0.717, 1.165) is 12.1 Å². The molecule has 0 unspecified atom stereocenters. The Hall–Kier alpha value is -2.16. The van der Waals surface area contributed by atoms with E-state index < -0.39 is 11.7 Å². The van der Waals surface area contributed by atoms with Gasteiger partial charge in [-0.15, -0.1) is 0 Å². The summed E-state index contributed by atoms with van der Waals surface area (Å²) in [6, 6.07) is 3.42. The van der Waals surface area contributed by atoms with Gasteiger partial charge in [0, 0.05) is 32.5 Å². The highest BCUT2D eigenvalue weighted by Crippen LogP contribution is 2.35. The molecule has 0 aliphatic heterocycles. The van der Waals surface area contributed by atoms with Gasteiger partial charge in [-0.3, -0.25) is 4.79 Å². The van der Waals surface area contributed by atoms with Gasteiger partial charge in [0.1, 0.15) is 0 Å². The zero-order valence-electron chi connectivity index (χ0n) is 14.8. The molecule has 1 heterocycles. The van der Waals surface area contributed by atoms with E-state index in [9.17, 15) is 18.0 Å².